The van der Waals surface area contributed by atoms with Crippen LogP contribution in [0.5, 0.6) is 5.75 Å². The van der Waals surface area contributed by atoms with E-state index >= 15 is 0 Å². The molecule has 0 unspecified atom stereocenters. The van der Waals surface area contributed by atoms with E-state index < -0.39 is 5.92 Å². The van der Waals surface area contributed by atoms with Crippen LogP contribution in [-0.2, 0) is 16.1 Å². The fourth-order valence-corrected chi connectivity index (χ4v) is 5.52. The van der Waals surface area contributed by atoms with Crippen molar-refractivity contribution in [3.63, 3.8) is 0 Å². The normalized spacial score (nSPS) is 19.3. The molecule has 36 heavy (non-hydrogen) atoms. The van der Waals surface area contributed by atoms with E-state index in [9.17, 15) is 10.1 Å². The highest BCUT2D eigenvalue weighted by atomic mass is 79.9. The van der Waals surface area contributed by atoms with Crippen LogP contribution < -0.4 is 10.5 Å². The van der Waals surface area contributed by atoms with Crippen LogP contribution in [-0.4, -0.2) is 30.9 Å². The first-order valence-corrected chi connectivity index (χ1v) is 12.8. The summed E-state index contributed by atoms with van der Waals surface area (Å²) < 4.78 is 12.1. The molecule has 7 heteroatoms. The van der Waals surface area contributed by atoms with Crippen molar-refractivity contribution in [3.8, 4) is 11.8 Å². The van der Waals surface area contributed by atoms with Gasteiger partial charge in [-0.3, -0.25) is 4.79 Å². The Hall–Kier alpha value is -3.08. The fraction of sp³-hybridized carbons (Fsp3) is 0.379. The SMILES string of the molecule is COCCN1C(N)=C(C#N)[C@H](c2ccc(OCc3ccc(C)cc3)c(Br)c2)C2=C1CC(C)(C)CC2=O. The number of carbonyl (C=O) groups is 1. The first-order chi connectivity index (χ1) is 17.1. The molecule has 6 nitrogen and oxygen atoms in total. The predicted molar refractivity (Wildman–Crippen MR) is 143 cm³/mol. The predicted octanol–water partition coefficient (Wildman–Crippen LogP) is 5.72. The van der Waals surface area contributed by atoms with Gasteiger partial charge in [0.15, 0.2) is 5.78 Å². The van der Waals surface area contributed by atoms with Crippen LogP contribution in [0.2, 0.25) is 0 Å². The third kappa shape index (κ3) is 5.21. The standard InChI is InChI=1S/C29H32BrN3O3/c1-18-5-7-19(8-6-18)17-36-25-10-9-20(13-22(25)30)26-21(16-31)28(32)33(11-12-35-4)23-14-29(2,3)15-24(34)27(23)26/h5-10,13,26H,11-12,14-15,17,32H2,1-4H3/t26-/m0/s1. The minimum atomic E-state index is -0.519. The van der Waals surface area contributed by atoms with Crippen molar-refractivity contribution in [2.24, 2.45) is 11.1 Å². The smallest absolute Gasteiger partial charge is 0.162 e. The van der Waals surface area contributed by atoms with Gasteiger partial charge in [0, 0.05) is 31.3 Å². The largest absolute Gasteiger partial charge is 0.488 e. The number of halogens is 1. The number of aryl methyl sites for hydroxylation is 1. The van der Waals surface area contributed by atoms with Crippen molar-refractivity contribution in [1.29, 1.82) is 5.26 Å². The maximum Gasteiger partial charge on any atom is 0.162 e. The second kappa shape index (κ2) is 10.5. The highest BCUT2D eigenvalue weighted by molar-refractivity contribution is 9.10. The van der Waals surface area contributed by atoms with Crippen LogP contribution in [0.4, 0.5) is 0 Å². The Balaban J connectivity index is 1.71. The third-order valence-corrected chi connectivity index (χ3v) is 7.43. The number of nitrogens with two attached hydrogens (primary N) is 1. The second-order valence-electron chi connectivity index (χ2n) is 10.3. The summed E-state index contributed by atoms with van der Waals surface area (Å²) in [6.45, 7) is 7.60. The van der Waals surface area contributed by atoms with E-state index in [1.807, 2.05) is 35.2 Å². The lowest BCUT2D eigenvalue weighted by molar-refractivity contribution is -0.118. The van der Waals surface area contributed by atoms with Gasteiger partial charge in [-0.1, -0.05) is 49.7 Å². The highest BCUT2D eigenvalue weighted by Gasteiger charge is 2.44. The number of hydrogen-bond donors (Lipinski definition) is 1. The Kier molecular flexibility index (Phi) is 7.58. The minimum absolute atomic E-state index is 0.0599. The molecule has 1 heterocycles. The fourth-order valence-electron chi connectivity index (χ4n) is 5.01. The van der Waals surface area contributed by atoms with Crippen LogP contribution in [0.25, 0.3) is 0 Å². The number of rotatable bonds is 7. The van der Waals surface area contributed by atoms with Crippen molar-refractivity contribution in [2.75, 3.05) is 20.3 Å². The Morgan fingerprint density at radius 3 is 2.56 bits per heavy atom. The first-order valence-electron chi connectivity index (χ1n) is 12.1. The average Bonchev–Trinajstić information content (AvgIpc) is 2.82. The lowest BCUT2D eigenvalue weighted by atomic mass is 9.68. The lowest BCUT2D eigenvalue weighted by Gasteiger charge is -2.43. The van der Waals surface area contributed by atoms with Gasteiger partial charge in [-0.05, 0) is 57.9 Å². The molecule has 0 amide bonds. The van der Waals surface area contributed by atoms with Gasteiger partial charge in [0.25, 0.3) is 0 Å². The number of nitrogens with zero attached hydrogens (tertiary/aromatic N) is 2. The van der Waals surface area contributed by atoms with Gasteiger partial charge in [-0.15, -0.1) is 0 Å². The Bertz CT molecular complexity index is 1270. The second-order valence-corrected chi connectivity index (χ2v) is 11.1. The molecule has 1 aliphatic carbocycles. The zero-order valence-corrected chi connectivity index (χ0v) is 22.8. The first kappa shape index (κ1) is 26.0. The summed E-state index contributed by atoms with van der Waals surface area (Å²) in [6.07, 6.45) is 1.13. The molecule has 0 fully saturated rings. The third-order valence-electron chi connectivity index (χ3n) is 6.81. The monoisotopic (exact) mass is 549 g/mol. The number of ether oxygens (including phenoxy) is 2. The maximum atomic E-state index is 13.5. The molecule has 1 aliphatic heterocycles. The van der Waals surface area contributed by atoms with Gasteiger partial charge in [0.05, 0.1) is 28.6 Å². The van der Waals surface area contributed by atoms with E-state index in [0.29, 0.717) is 55.3 Å². The topological polar surface area (TPSA) is 88.6 Å². The summed E-state index contributed by atoms with van der Waals surface area (Å²) in [4.78, 5) is 15.4. The van der Waals surface area contributed by atoms with Gasteiger partial charge in [-0.25, -0.2) is 0 Å². The molecule has 2 aromatic rings. The summed E-state index contributed by atoms with van der Waals surface area (Å²) in [5, 5.41) is 10.2. The maximum absolute atomic E-state index is 13.5. The van der Waals surface area contributed by atoms with Crippen molar-refractivity contribution in [3.05, 3.63) is 86.3 Å². The number of allylic oxidation sites excluding steroid dienone is 3. The molecule has 4 rings (SSSR count). The highest BCUT2D eigenvalue weighted by Crippen LogP contribution is 2.49. The van der Waals surface area contributed by atoms with Crippen LogP contribution in [0.1, 0.15) is 49.3 Å². The number of benzene rings is 2. The van der Waals surface area contributed by atoms with Gasteiger partial charge < -0.3 is 20.1 Å². The summed E-state index contributed by atoms with van der Waals surface area (Å²) in [5.74, 6) is 0.622. The van der Waals surface area contributed by atoms with Crippen molar-refractivity contribution >= 4 is 21.7 Å². The van der Waals surface area contributed by atoms with Gasteiger partial charge in [0.1, 0.15) is 18.2 Å². The summed E-state index contributed by atoms with van der Waals surface area (Å²) in [6, 6.07) is 16.3. The van der Waals surface area contributed by atoms with E-state index in [2.05, 4.69) is 54.9 Å². The zero-order valence-electron chi connectivity index (χ0n) is 21.2. The molecule has 0 spiro atoms. The van der Waals surface area contributed by atoms with Crippen LogP contribution in [0.15, 0.2) is 69.6 Å². The molecule has 0 saturated heterocycles. The van der Waals surface area contributed by atoms with E-state index in [4.69, 9.17) is 15.2 Å². The molecule has 0 saturated carbocycles. The molecule has 0 aromatic heterocycles. The Morgan fingerprint density at radius 1 is 1.19 bits per heavy atom. The molecule has 0 bridgehead atoms. The summed E-state index contributed by atoms with van der Waals surface area (Å²) in [7, 11) is 1.63. The molecule has 2 aromatic carbocycles. The van der Waals surface area contributed by atoms with Gasteiger partial charge >= 0.3 is 0 Å². The molecule has 2 aliphatic rings. The van der Waals surface area contributed by atoms with Crippen molar-refractivity contribution in [2.45, 2.75) is 46.1 Å². The number of carbonyl (C=O) groups excluding carboxylic acids is 1. The van der Waals surface area contributed by atoms with Gasteiger partial charge in [-0.2, -0.15) is 5.26 Å². The van der Waals surface area contributed by atoms with Crippen LogP contribution in [0.3, 0.4) is 0 Å². The molecular formula is C29H32BrN3O3. The van der Waals surface area contributed by atoms with E-state index in [1.54, 1.807) is 7.11 Å². The van der Waals surface area contributed by atoms with Crippen LogP contribution in [0, 0.1) is 23.7 Å². The lowest BCUT2D eigenvalue weighted by Crippen LogP contribution is -2.43. The minimum Gasteiger partial charge on any atom is -0.488 e. The summed E-state index contributed by atoms with van der Waals surface area (Å²) in [5.41, 5.74) is 11.4. The van der Waals surface area contributed by atoms with E-state index in [-0.39, 0.29) is 11.2 Å². The molecule has 188 valence electrons. The zero-order chi connectivity index (χ0) is 26.0. The van der Waals surface area contributed by atoms with Crippen LogP contribution >= 0.6 is 15.9 Å². The van der Waals surface area contributed by atoms with E-state index in [0.717, 1.165) is 21.3 Å². The molecular weight excluding hydrogens is 518 g/mol. The molecule has 1 atom stereocenters. The van der Waals surface area contributed by atoms with Crippen molar-refractivity contribution in [1.82, 2.24) is 4.90 Å². The summed E-state index contributed by atoms with van der Waals surface area (Å²) >= 11 is 3.64. The van der Waals surface area contributed by atoms with E-state index in [1.165, 1.54) is 5.56 Å². The Labute approximate surface area is 221 Å². The van der Waals surface area contributed by atoms with Gasteiger partial charge in [0.2, 0.25) is 0 Å². The van der Waals surface area contributed by atoms with Crippen molar-refractivity contribution < 1.29 is 14.3 Å². The molecule has 0 radical (unpaired) electrons. The quantitative estimate of drug-likeness (QED) is 0.475. The Morgan fingerprint density at radius 2 is 1.92 bits per heavy atom. The number of hydrogen-bond acceptors (Lipinski definition) is 6. The number of ketones is 1. The average molecular weight is 550 g/mol. The number of methoxy groups -OCH3 is 1. The number of nitriles is 1. The number of Topliss-reactive ketones (excluding diaryl/α,β-unsaturated/α-hetero) is 1. The molecule has 2 N–H and O–H groups in total.